The largest absolute Gasteiger partial charge is 0.444 e. The number of carbonyl (C=O) groups excluding carboxylic acids is 1. The van der Waals surface area contributed by atoms with E-state index >= 15 is 0 Å². The molecule has 0 spiro atoms. The zero-order chi connectivity index (χ0) is 18.2. The van der Waals surface area contributed by atoms with Crippen LogP contribution >= 0.6 is 11.6 Å². The minimum absolute atomic E-state index is 0.170. The van der Waals surface area contributed by atoms with E-state index in [-0.39, 0.29) is 17.6 Å². The molecule has 6 heteroatoms. The summed E-state index contributed by atoms with van der Waals surface area (Å²) in [6, 6.07) is 10.9. The van der Waals surface area contributed by atoms with Gasteiger partial charge in [0, 0.05) is 11.6 Å². The van der Waals surface area contributed by atoms with E-state index in [1.165, 1.54) is 6.07 Å². The second-order valence-corrected chi connectivity index (χ2v) is 5.72. The standard InChI is InChI=1S/C20H16ClN3O2/c21-17-13-18(24-20(25)26-14-15-9-5-4-6-10-15)23-19(22-17)16-11-7-2-1-3-8-12-16/h1-13H,14H2,(H,22,23,24,25)/b2-1-,3-1?,7-2?,8-3-,11-7-,12-8?,16-11?,16-12+. The van der Waals surface area contributed by atoms with Gasteiger partial charge >= 0.3 is 6.09 Å². The highest BCUT2D eigenvalue weighted by Gasteiger charge is 2.10. The summed E-state index contributed by atoms with van der Waals surface area (Å²) in [6.45, 7) is 0.170. The fraction of sp³-hybridized carbons (Fsp3) is 0.0500. The molecular formula is C20H16ClN3O2. The second kappa shape index (κ2) is 8.78. The predicted molar refractivity (Wildman–Crippen MR) is 103 cm³/mol. The number of anilines is 1. The number of hydrogen-bond acceptors (Lipinski definition) is 4. The SMILES string of the molecule is O=C(Nc1cc(Cl)nc(C2=C/C=C\C=C/C=C\2)n1)OCc1ccccc1. The zero-order valence-corrected chi connectivity index (χ0v) is 14.6. The van der Waals surface area contributed by atoms with Crippen LogP contribution < -0.4 is 5.32 Å². The normalized spacial score (nSPS) is 18.6. The highest BCUT2D eigenvalue weighted by molar-refractivity contribution is 6.29. The van der Waals surface area contributed by atoms with Crippen molar-refractivity contribution in [3.63, 3.8) is 0 Å². The van der Waals surface area contributed by atoms with Gasteiger partial charge in [-0.05, 0) is 5.56 Å². The van der Waals surface area contributed by atoms with Gasteiger partial charge in [0.25, 0.3) is 0 Å². The molecule has 1 amide bonds. The van der Waals surface area contributed by atoms with Crippen molar-refractivity contribution >= 4 is 29.1 Å². The number of rotatable bonds is 4. The number of nitrogens with one attached hydrogen (secondary N) is 1. The number of amides is 1. The summed E-state index contributed by atoms with van der Waals surface area (Å²) in [5, 5.41) is 2.81. The maximum atomic E-state index is 12.0. The van der Waals surface area contributed by atoms with Gasteiger partial charge in [-0.1, -0.05) is 84.5 Å². The molecule has 1 heterocycles. The molecule has 0 bridgehead atoms. The fourth-order valence-corrected chi connectivity index (χ4v) is 2.37. The lowest BCUT2D eigenvalue weighted by Crippen LogP contribution is -2.15. The molecule has 1 aromatic heterocycles. The number of aromatic nitrogens is 2. The van der Waals surface area contributed by atoms with E-state index < -0.39 is 6.09 Å². The van der Waals surface area contributed by atoms with E-state index in [1.54, 1.807) is 0 Å². The summed E-state index contributed by atoms with van der Waals surface area (Å²) in [6.07, 6.45) is 12.6. The number of carbonyl (C=O) groups is 1. The van der Waals surface area contributed by atoms with Crippen molar-refractivity contribution < 1.29 is 9.53 Å². The van der Waals surface area contributed by atoms with E-state index in [1.807, 2.05) is 72.9 Å². The molecule has 0 fully saturated rings. The van der Waals surface area contributed by atoms with E-state index in [9.17, 15) is 4.79 Å². The number of benzene rings is 1. The molecule has 1 N–H and O–H groups in total. The second-order valence-electron chi connectivity index (χ2n) is 5.34. The summed E-state index contributed by atoms with van der Waals surface area (Å²) in [7, 11) is 0. The third kappa shape index (κ3) is 5.16. The van der Waals surface area contributed by atoms with Crippen LogP contribution in [0.15, 0.2) is 78.9 Å². The number of ether oxygens (including phenoxy) is 1. The molecular weight excluding hydrogens is 350 g/mol. The van der Waals surface area contributed by atoms with Crippen molar-refractivity contribution in [3.05, 3.63) is 95.5 Å². The Morgan fingerprint density at radius 2 is 1.81 bits per heavy atom. The van der Waals surface area contributed by atoms with Crippen LogP contribution in [0, 0.1) is 0 Å². The summed E-state index contributed by atoms with van der Waals surface area (Å²) >= 11 is 6.07. The Hall–Kier alpha value is -3.18. The van der Waals surface area contributed by atoms with Crippen LogP contribution in [-0.2, 0) is 11.3 Å². The van der Waals surface area contributed by atoms with Crippen molar-refractivity contribution in [3.8, 4) is 0 Å². The Kier molecular flexibility index (Phi) is 5.96. The van der Waals surface area contributed by atoms with Crippen LogP contribution in [0.4, 0.5) is 10.6 Å². The first-order valence-electron chi connectivity index (χ1n) is 7.95. The van der Waals surface area contributed by atoms with Crippen LogP contribution in [0.2, 0.25) is 5.15 Å². The molecule has 3 rings (SSSR count). The molecule has 0 saturated carbocycles. The smallest absolute Gasteiger partial charge is 0.413 e. The highest BCUT2D eigenvalue weighted by Crippen LogP contribution is 2.19. The molecule has 0 aliphatic heterocycles. The summed E-state index contributed by atoms with van der Waals surface area (Å²) in [5.41, 5.74) is 1.67. The Balaban J connectivity index is 1.70. The molecule has 1 aliphatic carbocycles. The number of halogens is 1. The van der Waals surface area contributed by atoms with E-state index in [0.29, 0.717) is 5.82 Å². The zero-order valence-electron chi connectivity index (χ0n) is 13.8. The molecule has 0 saturated heterocycles. The first kappa shape index (κ1) is 17.6. The number of hydrogen-bond donors (Lipinski definition) is 1. The lowest BCUT2D eigenvalue weighted by molar-refractivity contribution is 0.155. The van der Waals surface area contributed by atoms with Gasteiger partial charge in [-0.2, -0.15) is 0 Å². The Bertz CT molecular complexity index is 903. The molecule has 0 unspecified atom stereocenters. The van der Waals surface area contributed by atoms with Crippen molar-refractivity contribution in [2.45, 2.75) is 6.61 Å². The third-order valence-electron chi connectivity index (χ3n) is 3.39. The minimum Gasteiger partial charge on any atom is -0.444 e. The van der Waals surface area contributed by atoms with Gasteiger partial charge in [0.05, 0.1) is 0 Å². The van der Waals surface area contributed by atoms with Crippen LogP contribution in [0.25, 0.3) is 5.57 Å². The van der Waals surface area contributed by atoms with Gasteiger partial charge in [-0.3, -0.25) is 5.32 Å². The first-order valence-corrected chi connectivity index (χ1v) is 8.33. The summed E-state index contributed by atoms with van der Waals surface area (Å²) in [4.78, 5) is 20.6. The third-order valence-corrected chi connectivity index (χ3v) is 3.59. The molecule has 5 nitrogen and oxygen atoms in total. The van der Waals surface area contributed by atoms with E-state index in [2.05, 4.69) is 15.3 Å². The van der Waals surface area contributed by atoms with Crippen LogP contribution in [-0.4, -0.2) is 16.1 Å². The average molecular weight is 366 g/mol. The van der Waals surface area contributed by atoms with Gasteiger partial charge in [-0.25, -0.2) is 14.8 Å². The van der Waals surface area contributed by atoms with Crippen LogP contribution in [0.5, 0.6) is 0 Å². The lowest BCUT2D eigenvalue weighted by atomic mass is 10.1. The summed E-state index contributed by atoms with van der Waals surface area (Å²) in [5.74, 6) is 0.681. The van der Waals surface area contributed by atoms with Crippen molar-refractivity contribution in [2.24, 2.45) is 0 Å². The van der Waals surface area contributed by atoms with E-state index in [4.69, 9.17) is 16.3 Å². The predicted octanol–water partition coefficient (Wildman–Crippen LogP) is 4.94. The molecule has 26 heavy (non-hydrogen) atoms. The van der Waals surface area contributed by atoms with Crippen molar-refractivity contribution in [2.75, 3.05) is 5.32 Å². The molecule has 1 aromatic carbocycles. The quantitative estimate of drug-likeness (QED) is 0.779. The van der Waals surface area contributed by atoms with Gasteiger partial charge in [0.2, 0.25) is 0 Å². The average Bonchev–Trinajstić information content (AvgIpc) is 2.60. The van der Waals surface area contributed by atoms with Crippen LogP contribution in [0.1, 0.15) is 11.4 Å². The number of allylic oxidation sites excluding steroid dienone is 8. The first-order chi connectivity index (χ1) is 12.7. The molecule has 2 aromatic rings. The topological polar surface area (TPSA) is 64.1 Å². The maximum absolute atomic E-state index is 12.0. The van der Waals surface area contributed by atoms with Gasteiger partial charge in [0.1, 0.15) is 17.6 Å². The minimum atomic E-state index is -0.611. The highest BCUT2D eigenvalue weighted by atomic mass is 35.5. The fourth-order valence-electron chi connectivity index (χ4n) is 2.19. The number of nitrogens with zero attached hydrogens (tertiary/aromatic N) is 2. The van der Waals surface area contributed by atoms with Gasteiger partial charge < -0.3 is 4.74 Å². The summed E-state index contributed by atoms with van der Waals surface area (Å²) < 4.78 is 5.19. The maximum Gasteiger partial charge on any atom is 0.413 e. The molecule has 130 valence electrons. The molecule has 0 radical (unpaired) electrons. The Morgan fingerprint density at radius 1 is 1.04 bits per heavy atom. The van der Waals surface area contributed by atoms with Gasteiger partial charge in [-0.15, -0.1) is 0 Å². The molecule has 0 atom stereocenters. The Morgan fingerprint density at radius 3 is 2.65 bits per heavy atom. The molecule has 1 aliphatic rings. The van der Waals surface area contributed by atoms with Crippen molar-refractivity contribution in [1.82, 2.24) is 9.97 Å². The monoisotopic (exact) mass is 365 g/mol. The van der Waals surface area contributed by atoms with Gasteiger partial charge in [0.15, 0.2) is 5.82 Å². The Labute approximate surface area is 156 Å². The lowest BCUT2D eigenvalue weighted by Gasteiger charge is -2.09. The van der Waals surface area contributed by atoms with Crippen LogP contribution in [0.3, 0.4) is 0 Å². The van der Waals surface area contributed by atoms with Crippen molar-refractivity contribution in [1.29, 1.82) is 0 Å². The van der Waals surface area contributed by atoms with E-state index in [0.717, 1.165) is 11.1 Å².